The summed E-state index contributed by atoms with van der Waals surface area (Å²) in [6.45, 7) is 2.64. The number of ether oxygens (including phenoxy) is 4. The van der Waals surface area contributed by atoms with Crippen molar-refractivity contribution >= 4 is 23.6 Å². The lowest BCUT2D eigenvalue weighted by molar-refractivity contribution is -0.316. The van der Waals surface area contributed by atoms with Crippen molar-refractivity contribution in [2.75, 3.05) is 12.4 Å². The van der Waals surface area contributed by atoms with Gasteiger partial charge in [-0.1, -0.05) is 79.7 Å². The fourth-order valence-corrected chi connectivity index (χ4v) is 6.37. The highest BCUT2D eigenvalue weighted by atomic mass is 32.2. The first-order valence-corrected chi connectivity index (χ1v) is 13.9. The molecule has 196 valence electrons. The molecule has 2 fully saturated rings. The van der Waals surface area contributed by atoms with Crippen molar-refractivity contribution in [2.24, 2.45) is 0 Å². The van der Waals surface area contributed by atoms with Crippen molar-refractivity contribution in [3.63, 3.8) is 0 Å². The van der Waals surface area contributed by atoms with Crippen LogP contribution in [0.25, 0.3) is 0 Å². The van der Waals surface area contributed by atoms with E-state index in [9.17, 15) is 9.59 Å². The van der Waals surface area contributed by atoms with Crippen molar-refractivity contribution in [3.8, 4) is 0 Å². The van der Waals surface area contributed by atoms with Crippen LogP contribution in [0.15, 0.2) is 84.9 Å². The molecular weight excluding hydrogens is 502 g/mol. The van der Waals surface area contributed by atoms with Gasteiger partial charge < -0.3 is 18.9 Å². The van der Waals surface area contributed by atoms with Crippen LogP contribution >= 0.6 is 11.8 Å². The Labute approximate surface area is 226 Å². The van der Waals surface area contributed by atoms with Gasteiger partial charge in [0.2, 0.25) is 0 Å². The third-order valence-electron chi connectivity index (χ3n) is 7.12. The number of fused-ring (bicyclic) bond motifs is 2. The van der Waals surface area contributed by atoms with Crippen LogP contribution in [0.1, 0.15) is 45.1 Å². The van der Waals surface area contributed by atoms with Gasteiger partial charge in [-0.15, -0.1) is 11.8 Å². The first kappa shape index (κ1) is 25.3. The van der Waals surface area contributed by atoms with Gasteiger partial charge >= 0.3 is 0 Å². The summed E-state index contributed by atoms with van der Waals surface area (Å²) in [4.78, 5) is 28.6. The number of nitrogens with zero attached hydrogens (tertiary/aromatic N) is 1. The van der Waals surface area contributed by atoms with Gasteiger partial charge in [-0.05, 0) is 23.4 Å². The molecule has 0 aliphatic carbocycles. The molecule has 2 amide bonds. The number of amides is 2. The molecule has 3 aromatic carbocycles. The van der Waals surface area contributed by atoms with Crippen molar-refractivity contribution in [1.82, 2.24) is 4.90 Å². The average Bonchev–Trinajstić information content (AvgIpc) is 3.22. The summed E-state index contributed by atoms with van der Waals surface area (Å²) >= 11 is 1.55. The summed E-state index contributed by atoms with van der Waals surface area (Å²) in [6, 6.07) is 25.8. The summed E-state index contributed by atoms with van der Waals surface area (Å²) in [6.07, 6.45) is -2.20. The molecule has 0 N–H and O–H groups in total. The van der Waals surface area contributed by atoms with Gasteiger partial charge in [-0.25, -0.2) is 0 Å². The minimum absolute atomic E-state index is 0.304. The molecule has 2 saturated heterocycles. The molecule has 3 aliphatic heterocycles. The Morgan fingerprint density at radius 1 is 0.868 bits per heavy atom. The minimum atomic E-state index is -0.688. The molecule has 0 spiro atoms. The summed E-state index contributed by atoms with van der Waals surface area (Å²) < 4.78 is 25.7. The monoisotopic (exact) mass is 531 g/mol. The second-order valence-corrected chi connectivity index (χ2v) is 10.8. The minimum Gasteiger partial charge on any atom is -0.368 e. The molecule has 3 aromatic rings. The number of carbonyl (C=O) groups is 2. The van der Waals surface area contributed by atoms with E-state index >= 15 is 0 Å². The van der Waals surface area contributed by atoms with E-state index in [-0.39, 0.29) is 11.8 Å². The second kappa shape index (κ2) is 11.0. The summed E-state index contributed by atoms with van der Waals surface area (Å²) in [5.41, 5.74) is 2.18. The molecule has 0 saturated carbocycles. The van der Waals surface area contributed by atoms with E-state index in [1.54, 1.807) is 36.0 Å². The SMILES string of the molecule is CCS[C@@H]1O[C@@H]2CO[C@H](c3ccccc3)O[C@H]2[C@H](OCc2ccccc2)[C@H]1N1C(=O)c2ccccc2C1=O. The third kappa shape index (κ3) is 4.67. The maximum absolute atomic E-state index is 13.6. The summed E-state index contributed by atoms with van der Waals surface area (Å²) in [5.74, 6) is 0.0697. The van der Waals surface area contributed by atoms with Crippen molar-refractivity contribution in [3.05, 3.63) is 107 Å². The van der Waals surface area contributed by atoms with E-state index in [2.05, 4.69) is 0 Å². The summed E-state index contributed by atoms with van der Waals surface area (Å²) in [7, 11) is 0. The highest BCUT2D eigenvalue weighted by Gasteiger charge is 2.56. The Bertz CT molecular complexity index is 1250. The number of imide groups is 1. The molecule has 3 aliphatic rings. The van der Waals surface area contributed by atoms with Gasteiger partial charge in [0.15, 0.2) is 6.29 Å². The van der Waals surface area contributed by atoms with E-state index < -0.39 is 36.1 Å². The van der Waals surface area contributed by atoms with Gasteiger partial charge in [-0.3, -0.25) is 14.5 Å². The number of benzene rings is 3. The molecular formula is C30H29NO6S. The fourth-order valence-electron chi connectivity index (χ4n) is 5.35. The van der Waals surface area contributed by atoms with Crippen LogP contribution in [0.4, 0.5) is 0 Å². The Balaban J connectivity index is 1.37. The van der Waals surface area contributed by atoms with Crippen LogP contribution < -0.4 is 0 Å². The Morgan fingerprint density at radius 2 is 1.50 bits per heavy atom. The van der Waals surface area contributed by atoms with Crippen LogP contribution in [-0.4, -0.2) is 58.9 Å². The largest absolute Gasteiger partial charge is 0.368 e. The predicted molar refractivity (Wildman–Crippen MR) is 143 cm³/mol. The molecule has 0 radical (unpaired) electrons. The first-order valence-electron chi connectivity index (χ1n) is 12.9. The molecule has 0 aromatic heterocycles. The quantitative estimate of drug-likeness (QED) is 0.405. The van der Waals surface area contributed by atoms with E-state index in [1.807, 2.05) is 67.6 Å². The van der Waals surface area contributed by atoms with Gasteiger partial charge in [0.05, 0.1) is 24.3 Å². The van der Waals surface area contributed by atoms with Crippen LogP contribution in [0.3, 0.4) is 0 Å². The molecule has 6 rings (SSSR count). The van der Waals surface area contributed by atoms with Gasteiger partial charge in [0.25, 0.3) is 11.8 Å². The number of thioether (sulfide) groups is 1. The van der Waals surface area contributed by atoms with Crippen molar-refractivity contribution in [2.45, 2.75) is 49.6 Å². The lowest BCUT2D eigenvalue weighted by Crippen LogP contribution is -2.67. The van der Waals surface area contributed by atoms with Crippen molar-refractivity contribution < 1.29 is 28.5 Å². The highest BCUT2D eigenvalue weighted by Crippen LogP contribution is 2.42. The Morgan fingerprint density at radius 3 is 2.16 bits per heavy atom. The molecule has 0 bridgehead atoms. The molecule has 6 atom stereocenters. The zero-order chi connectivity index (χ0) is 26.1. The third-order valence-corrected chi connectivity index (χ3v) is 8.17. The lowest BCUT2D eigenvalue weighted by atomic mass is 9.95. The number of carbonyl (C=O) groups excluding carboxylic acids is 2. The van der Waals surface area contributed by atoms with E-state index in [1.165, 1.54) is 4.90 Å². The highest BCUT2D eigenvalue weighted by molar-refractivity contribution is 7.99. The normalized spacial score (nSPS) is 28.7. The van der Waals surface area contributed by atoms with E-state index in [4.69, 9.17) is 18.9 Å². The van der Waals surface area contributed by atoms with Gasteiger partial charge in [0, 0.05) is 5.56 Å². The second-order valence-electron chi connectivity index (χ2n) is 9.45. The van der Waals surface area contributed by atoms with Gasteiger partial charge in [0.1, 0.15) is 29.8 Å². The average molecular weight is 532 g/mol. The smallest absolute Gasteiger partial charge is 0.262 e. The van der Waals surface area contributed by atoms with Crippen LogP contribution in [0, 0.1) is 0 Å². The van der Waals surface area contributed by atoms with Crippen LogP contribution in [0.2, 0.25) is 0 Å². The molecule has 8 heteroatoms. The molecule has 38 heavy (non-hydrogen) atoms. The maximum Gasteiger partial charge on any atom is 0.262 e. The molecule has 3 heterocycles. The Kier molecular flexibility index (Phi) is 7.32. The van der Waals surface area contributed by atoms with Gasteiger partial charge in [-0.2, -0.15) is 0 Å². The number of rotatable bonds is 7. The first-order chi connectivity index (χ1) is 18.7. The Hall–Kier alpha value is -3.01. The zero-order valence-corrected chi connectivity index (χ0v) is 21.8. The topological polar surface area (TPSA) is 74.3 Å². The van der Waals surface area contributed by atoms with Crippen LogP contribution in [0.5, 0.6) is 0 Å². The van der Waals surface area contributed by atoms with E-state index in [0.717, 1.165) is 16.9 Å². The predicted octanol–water partition coefficient (Wildman–Crippen LogP) is 4.83. The molecule has 7 nitrogen and oxygen atoms in total. The van der Waals surface area contributed by atoms with Crippen molar-refractivity contribution in [1.29, 1.82) is 0 Å². The summed E-state index contributed by atoms with van der Waals surface area (Å²) in [5, 5.41) is 0. The lowest BCUT2D eigenvalue weighted by Gasteiger charge is -2.51. The molecule has 0 unspecified atom stereocenters. The van der Waals surface area contributed by atoms with E-state index in [0.29, 0.717) is 24.3 Å². The van der Waals surface area contributed by atoms with Crippen LogP contribution in [-0.2, 0) is 25.6 Å². The fraction of sp³-hybridized carbons (Fsp3) is 0.333. The zero-order valence-electron chi connectivity index (χ0n) is 21.0. The number of hydrogen-bond donors (Lipinski definition) is 0. The maximum atomic E-state index is 13.6. The number of hydrogen-bond acceptors (Lipinski definition) is 7. The standard InChI is InChI=1S/C30H29NO6S/c1-2-38-30-24(31-27(32)21-15-9-10-16-22(21)28(31)33)26(34-17-19-11-5-3-6-12-19)25-23(36-30)18-35-29(37-25)20-13-7-4-8-14-20/h3-16,23-26,29-30H,2,17-18H2,1H3/t23-,24-,25-,26-,29+,30+/m1/s1.